The molecular formula is C16H21N3O3S. The molecule has 0 fully saturated rings. The Labute approximate surface area is 139 Å². The lowest BCUT2D eigenvalue weighted by Crippen LogP contribution is -2.27. The second kappa shape index (κ2) is 6.95. The van der Waals surface area contributed by atoms with Crippen LogP contribution >= 0.6 is 11.3 Å². The van der Waals surface area contributed by atoms with Crippen LogP contribution in [-0.4, -0.2) is 21.9 Å². The van der Waals surface area contributed by atoms with Crippen molar-refractivity contribution in [1.82, 2.24) is 10.2 Å². The van der Waals surface area contributed by atoms with E-state index in [1.54, 1.807) is 20.8 Å². The van der Waals surface area contributed by atoms with Gasteiger partial charge < -0.3 is 9.47 Å². The monoisotopic (exact) mass is 335 g/mol. The molecule has 0 saturated heterocycles. The van der Waals surface area contributed by atoms with Crippen molar-refractivity contribution in [1.29, 1.82) is 0 Å². The third-order valence-corrected chi connectivity index (χ3v) is 3.73. The summed E-state index contributed by atoms with van der Waals surface area (Å²) in [6, 6.07) is 5.92. The summed E-state index contributed by atoms with van der Waals surface area (Å²) in [5.74, 6) is 0.782. The van der Waals surface area contributed by atoms with E-state index in [-0.39, 0.29) is 0 Å². The standard InChI is InChI=1S/C16H21N3O3S/c1-10-6-7-12(8-11(10)2)21-9-13-18-19-14(23-13)17-15(20)22-16(3,4)5/h6-8H,9H2,1-5H3,(H,17,19,20). The number of carbonyl (C=O) groups is 1. The van der Waals surface area contributed by atoms with Gasteiger partial charge in [0.25, 0.3) is 0 Å². The number of aryl methyl sites for hydroxylation is 2. The highest BCUT2D eigenvalue weighted by Gasteiger charge is 2.17. The Morgan fingerprint density at radius 1 is 1.22 bits per heavy atom. The van der Waals surface area contributed by atoms with Crippen molar-refractivity contribution in [2.45, 2.75) is 46.8 Å². The van der Waals surface area contributed by atoms with Crippen LogP contribution in [0.2, 0.25) is 0 Å². The van der Waals surface area contributed by atoms with Gasteiger partial charge in [-0.05, 0) is 57.9 Å². The van der Waals surface area contributed by atoms with Crippen molar-refractivity contribution >= 4 is 22.6 Å². The van der Waals surface area contributed by atoms with Gasteiger partial charge in [-0.3, -0.25) is 5.32 Å². The summed E-state index contributed by atoms with van der Waals surface area (Å²) in [6.07, 6.45) is -0.546. The van der Waals surface area contributed by atoms with E-state index < -0.39 is 11.7 Å². The zero-order valence-electron chi connectivity index (χ0n) is 14.0. The largest absolute Gasteiger partial charge is 0.486 e. The number of rotatable bonds is 4. The van der Waals surface area contributed by atoms with Gasteiger partial charge in [0.1, 0.15) is 18.0 Å². The second-order valence-corrected chi connectivity index (χ2v) is 7.22. The van der Waals surface area contributed by atoms with Crippen LogP contribution in [0.15, 0.2) is 18.2 Å². The Hall–Kier alpha value is -2.15. The summed E-state index contributed by atoms with van der Waals surface area (Å²) < 4.78 is 10.9. The molecule has 0 aliphatic rings. The lowest BCUT2D eigenvalue weighted by Gasteiger charge is -2.18. The third-order valence-electron chi connectivity index (χ3n) is 2.92. The first kappa shape index (κ1) is 17.2. The molecule has 0 radical (unpaired) electrons. The third kappa shape index (κ3) is 5.52. The minimum absolute atomic E-state index is 0.302. The highest BCUT2D eigenvalue weighted by Crippen LogP contribution is 2.21. The van der Waals surface area contributed by atoms with Crippen LogP contribution in [0.3, 0.4) is 0 Å². The zero-order valence-corrected chi connectivity index (χ0v) is 14.8. The van der Waals surface area contributed by atoms with E-state index in [4.69, 9.17) is 9.47 Å². The van der Waals surface area contributed by atoms with Crippen molar-refractivity contribution in [2.24, 2.45) is 0 Å². The van der Waals surface area contributed by atoms with Crippen LogP contribution in [0.5, 0.6) is 5.75 Å². The predicted octanol–water partition coefficient (Wildman–Crippen LogP) is 4.08. The highest BCUT2D eigenvalue weighted by atomic mass is 32.1. The van der Waals surface area contributed by atoms with E-state index in [1.807, 2.05) is 25.1 Å². The summed E-state index contributed by atoms with van der Waals surface area (Å²) in [4.78, 5) is 11.7. The number of aromatic nitrogens is 2. The first-order valence-corrected chi connectivity index (χ1v) is 8.07. The van der Waals surface area contributed by atoms with Crippen LogP contribution < -0.4 is 10.1 Å². The quantitative estimate of drug-likeness (QED) is 0.911. The highest BCUT2D eigenvalue weighted by molar-refractivity contribution is 7.15. The molecule has 0 aliphatic heterocycles. The van der Waals surface area contributed by atoms with E-state index in [0.717, 1.165) is 5.75 Å². The molecule has 2 rings (SSSR count). The van der Waals surface area contributed by atoms with Crippen LogP contribution in [-0.2, 0) is 11.3 Å². The Bertz CT molecular complexity index is 692. The Kier molecular flexibility index (Phi) is 5.20. The number of nitrogens with zero attached hydrogens (tertiary/aromatic N) is 2. The van der Waals surface area contributed by atoms with E-state index in [0.29, 0.717) is 16.7 Å². The number of hydrogen-bond acceptors (Lipinski definition) is 6. The molecule has 124 valence electrons. The summed E-state index contributed by atoms with van der Waals surface area (Å²) in [5, 5.41) is 11.5. The number of ether oxygens (including phenoxy) is 2. The summed E-state index contributed by atoms with van der Waals surface area (Å²) in [6.45, 7) is 9.80. The maximum absolute atomic E-state index is 11.7. The van der Waals surface area contributed by atoms with Gasteiger partial charge >= 0.3 is 6.09 Å². The Morgan fingerprint density at radius 3 is 2.61 bits per heavy atom. The summed E-state index contributed by atoms with van der Waals surface area (Å²) >= 11 is 1.25. The van der Waals surface area contributed by atoms with Gasteiger partial charge in [0.2, 0.25) is 5.13 Å². The fourth-order valence-electron chi connectivity index (χ4n) is 1.70. The van der Waals surface area contributed by atoms with Gasteiger partial charge in [-0.2, -0.15) is 0 Å². The second-order valence-electron chi connectivity index (χ2n) is 6.16. The number of amides is 1. The number of nitrogens with one attached hydrogen (secondary N) is 1. The number of hydrogen-bond donors (Lipinski definition) is 1. The molecule has 1 amide bonds. The van der Waals surface area contributed by atoms with Crippen molar-refractivity contribution in [3.63, 3.8) is 0 Å². The fraction of sp³-hybridized carbons (Fsp3) is 0.438. The summed E-state index contributed by atoms with van der Waals surface area (Å²) in [7, 11) is 0. The fourth-order valence-corrected chi connectivity index (χ4v) is 2.34. The number of anilines is 1. The number of benzene rings is 1. The smallest absolute Gasteiger partial charge is 0.414 e. The van der Waals surface area contributed by atoms with Gasteiger partial charge in [0.15, 0.2) is 5.01 Å². The molecule has 0 bridgehead atoms. The van der Waals surface area contributed by atoms with Crippen LogP contribution in [0.4, 0.5) is 9.93 Å². The van der Waals surface area contributed by atoms with Gasteiger partial charge in [-0.15, -0.1) is 10.2 Å². The maximum Gasteiger partial charge on any atom is 0.414 e. The van der Waals surface area contributed by atoms with Gasteiger partial charge in [0.05, 0.1) is 0 Å². The van der Waals surface area contributed by atoms with E-state index in [1.165, 1.54) is 22.5 Å². The molecular weight excluding hydrogens is 314 g/mol. The molecule has 0 unspecified atom stereocenters. The molecule has 0 spiro atoms. The van der Waals surface area contributed by atoms with Gasteiger partial charge in [0, 0.05) is 0 Å². The van der Waals surface area contributed by atoms with Crippen molar-refractivity contribution < 1.29 is 14.3 Å². The average molecular weight is 335 g/mol. The molecule has 23 heavy (non-hydrogen) atoms. The van der Waals surface area contributed by atoms with Gasteiger partial charge in [-0.25, -0.2) is 4.79 Å². The zero-order chi connectivity index (χ0) is 17.0. The Morgan fingerprint density at radius 2 is 1.96 bits per heavy atom. The molecule has 1 aromatic carbocycles. The van der Waals surface area contributed by atoms with Crippen molar-refractivity contribution in [3.05, 3.63) is 34.3 Å². The average Bonchev–Trinajstić information content (AvgIpc) is 2.85. The maximum atomic E-state index is 11.7. The molecule has 0 saturated carbocycles. The molecule has 2 aromatic rings. The lowest BCUT2D eigenvalue weighted by molar-refractivity contribution is 0.0636. The molecule has 0 aliphatic carbocycles. The van der Waals surface area contributed by atoms with Gasteiger partial charge in [-0.1, -0.05) is 17.4 Å². The SMILES string of the molecule is Cc1ccc(OCc2nnc(NC(=O)OC(C)(C)C)s2)cc1C. The summed E-state index contributed by atoms with van der Waals surface area (Å²) in [5.41, 5.74) is 1.84. The van der Waals surface area contributed by atoms with E-state index in [9.17, 15) is 4.79 Å². The lowest BCUT2D eigenvalue weighted by atomic mass is 10.1. The minimum Gasteiger partial charge on any atom is -0.486 e. The topological polar surface area (TPSA) is 73.3 Å². The first-order chi connectivity index (χ1) is 10.7. The van der Waals surface area contributed by atoms with Crippen molar-refractivity contribution in [2.75, 3.05) is 5.32 Å². The molecule has 7 heteroatoms. The molecule has 6 nitrogen and oxygen atoms in total. The molecule has 0 atom stereocenters. The Balaban J connectivity index is 1.89. The van der Waals surface area contributed by atoms with Crippen LogP contribution in [0.1, 0.15) is 36.9 Å². The van der Waals surface area contributed by atoms with E-state index >= 15 is 0 Å². The molecule has 1 aromatic heterocycles. The minimum atomic E-state index is -0.552. The number of carbonyl (C=O) groups excluding carboxylic acids is 1. The van der Waals surface area contributed by atoms with E-state index in [2.05, 4.69) is 22.4 Å². The first-order valence-electron chi connectivity index (χ1n) is 7.25. The van der Waals surface area contributed by atoms with Crippen molar-refractivity contribution in [3.8, 4) is 5.75 Å². The normalized spacial score (nSPS) is 11.2. The van der Waals surface area contributed by atoms with Crippen LogP contribution in [0, 0.1) is 13.8 Å². The molecule has 1 heterocycles. The predicted molar refractivity (Wildman–Crippen MR) is 90.0 cm³/mol. The van der Waals surface area contributed by atoms with Crippen LogP contribution in [0.25, 0.3) is 0 Å². The molecule has 1 N–H and O–H groups in total.